The van der Waals surface area contributed by atoms with E-state index < -0.39 is 0 Å². The van der Waals surface area contributed by atoms with Crippen molar-refractivity contribution in [1.29, 1.82) is 0 Å². The van der Waals surface area contributed by atoms with Crippen molar-refractivity contribution in [2.45, 2.75) is 18.9 Å². The number of fused-ring (bicyclic) bond motifs is 1. The number of phenols is 1. The van der Waals surface area contributed by atoms with E-state index in [0.29, 0.717) is 17.2 Å². The van der Waals surface area contributed by atoms with E-state index in [1.54, 1.807) is 26.4 Å². The van der Waals surface area contributed by atoms with E-state index in [1.807, 2.05) is 18.2 Å². The maximum Gasteiger partial charge on any atom is 0.164 e. The molecule has 0 spiro atoms. The number of hydrogen-bond donors (Lipinski definition) is 1. The summed E-state index contributed by atoms with van der Waals surface area (Å²) in [7, 11) is 4.74. The lowest BCUT2D eigenvalue weighted by Gasteiger charge is -2.17. The predicted molar refractivity (Wildman–Crippen MR) is 86.0 cm³/mol. The number of hydrogen-bond acceptors (Lipinski definition) is 5. The minimum Gasteiger partial charge on any atom is -0.504 e. The van der Waals surface area contributed by atoms with Crippen LogP contribution in [0.1, 0.15) is 30.1 Å². The largest absolute Gasteiger partial charge is 0.504 e. The predicted octanol–water partition coefficient (Wildman–Crippen LogP) is 3.66. The first-order chi connectivity index (χ1) is 11.1. The molecule has 1 N–H and O–H groups in total. The zero-order valence-electron chi connectivity index (χ0n) is 13.6. The number of rotatable bonds is 4. The highest BCUT2D eigenvalue weighted by atomic mass is 16.5. The van der Waals surface area contributed by atoms with E-state index in [1.165, 1.54) is 7.11 Å². The zero-order valence-corrected chi connectivity index (χ0v) is 13.6. The number of aromatic hydroxyl groups is 1. The topological polar surface area (TPSA) is 57.2 Å². The van der Waals surface area contributed by atoms with Crippen molar-refractivity contribution in [3.8, 4) is 28.7 Å². The molecule has 5 nitrogen and oxygen atoms in total. The third-order valence-corrected chi connectivity index (χ3v) is 4.25. The number of methoxy groups -OCH3 is 3. The summed E-state index contributed by atoms with van der Waals surface area (Å²) < 4.78 is 21.9. The first-order valence-corrected chi connectivity index (χ1v) is 7.38. The summed E-state index contributed by atoms with van der Waals surface area (Å²) in [5.41, 5.74) is 1.95. The average Bonchev–Trinajstić information content (AvgIpc) is 2.89. The molecule has 1 aliphatic rings. The second-order valence-corrected chi connectivity index (χ2v) is 5.50. The molecule has 0 saturated carbocycles. The Morgan fingerprint density at radius 2 is 1.61 bits per heavy atom. The maximum atomic E-state index is 9.98. The molecule has 2 aromatic carbocycles. The lowest BCUT2D eigenvalue weighted by atomic mass is 9.92. The van der Waals surface area contributed by atoms with Gasteiger partial charge in [-0.2, -0.15) is 0 Å². The van der Waals surface area contributed by atoms with Gasteiger partial charge >= 0.3 is 0 Å². The summed E-state index contributed by atoms with van der Waals surface area (Å²) in [6.45, 7) is 2.07. The third kappa shape index (κ3) is 2.52. The van der Waals surface area contributed by atoms with Gasteiger partial charge in [0.05, 0.1) is 21.3 Å². The highest BCUT2D eigenvalue weighted by Crippen LogP contribution is 2.50. The van der Waals surface area contributed by atoms with Gasteiger partial charge in [0.25, 0.3) is 0 Å². The monoisotopic (exact) mass is 316 g/mol. The minimum atomic E-state index is -0.156. The Morgan fingerprint density at radius 1 is 0.913 bits per heavy atom. The molecule has 0 saturated heterocycles. The molecular formula is C18H20O5. The number of ether oxygens (including phenoxy) is 4. The molecular weight excluding hydrogens is 296 g/mol. The van der Waals surface area contributed by atoms with Crippen LogP contribution in [0.2, 0.25) is 0 Å². The first kappa shape index (κ1) is 15.3. The Kier molecular flexibility index (Phi) is 3.94. The van der Waals surface area contributed by atoms with Crippen molar-refractivity contribution in [3.63, 3.8) is 0 Å². The molecule has 1 unspecified atom stereocenters. The molecule has 0 amide bonds. The Bertz CT molecular complexity index is 726. The van der Waals surface area contributed by atoms with E-state index in [2.05, 4.69) is 6.92 Å². The molecule has 0 bridgehead atoms. The van der Waals surface area contributed by atoms with Gasteiger partial charge < -0.3 is 24.1 Å². The number of benzene rings is 2. The van der Waals surface area contributed by atoms with Gasteiger partial charge in [-0.25, -0.2) is 0 Å². The van der Waals surface area contributed by atoms with E-state index in [9.17, 15) is 5.11 Å². The summed E-state index contributed by atoms with van der Waals surface area (Å²) in [6.07, 6.45) is -0.156. The van der Waals surface area contributed by atoms with Gasteiger partial charge in [0.2, 0.25) is 0 Å². The maximum absolute atomic E-state index is 9.98. The highest BCUT2D eigenvalue weighted by molar-refractivity contribution is 5.54. The van der Waals surface area contributed by atoms with Gasteiger partial charge in [0, 0.05) is 17.5 Å². The standard InChI is InChI=1S/C18H20O5/c1-10-12-8-13(19)16(21-3)9-15(12)23-18(10)11-5-6-14(20-2)17(7-11)22-4/h5-10,18-19H,1-4H3/t10?,18-/m1/s1. The van der Waals surface area contributed by atoms with Gasteiger partial charge in [0.1, 0.15) is 11.9 Å². The minimum absolute atomic E-state index is 0.0971. The van der Waals surface area contributed by atoms with Crippen LogP contribution >= 0.6 is 0 Å². The summed E-state index contributed by atoms with van der Waals surface area (Å²) in [6, 6.07) is 9.18. The Labute approximate surface area is 135 Å². The molecule has 23 heavy (non-hydrogen) atoms. The van der Waals surface area contributed by atoms with Gasteiger partial charge in [0.15, 0.2) is 23.0 Å². The van der Waals surface area contributed by atoms with Crippen molar-refractivity contribution < 1.29 is 24.1 Å². The molecule has 1 aliphatic heterocycles. The second-order valence-electron chi connectivity index (χ2n) is 5.50. The quantitative estimate of drug-likeness (QED) is 0.933. The van der Waals surface area contributed by atoms with Crippen molar-refractivity contribution in [2.24, 2.45) is 0 Å². The van der Waals surface area contributed by atoms with Crippen LogP contribution in [0.25, 0.3) is 0 Å². The van der Waals surface area contributed by atoms with Gasteiger partial charge in [-0.05, 0) is 23.8 Å². The molecule has 2 aromatic rings. The van der Waals surface area contributed by atoms with E-state index >= 15 is 0 Å². The summed E-state index contributed by atoms with van der Waals surface area (Å²) in [5.74, 6) is 2.70. The van der Waals surface area contributed by atoms with Crippen LogP contribution in [0, 0.1) is 0 Å². The number of phenolic OH excluding ortho intramolecular Hbond substituents is 1. The van der Waals surface area contributed by atoms with Gasteiger partial charge in [-0.15, -0.1) is 0 Å². The van der Waals surface area contributed by atoms with E-state index in [0.717, 1.165) is 16.9 Å². The van der Waals surface area contributed by atoms with Crippen molar-refractivity contribution in [2.75, 3.05) is 21.3 Å². The van der Waals surface area contributed by atoms with Crippen LogP contribution < -0.4 is 18.9 Å². The zero-order chi connectivity index (χ0) is 16.6. The van der Waals surface area contributed by atoms with Crippen LogP contribution in [-0.2, 0) is 0 Å². The molecule has 0 fully saturated rings. The Balaban J connectivity index is 1.97. The van der Waals surface area contributed by atoms with Crippen molar-refractivity contribution >= 4 is 0 Å². The van der Waals surface area contributed by atoms with E-state index in [4.69, 9.17) is 18.9 Å². The molecule has 1 heterocycles. The highest BCUT2D eigenvalue weighted by Gasteiger charge is 2.34. The molecule has 2 atom stereocenters. The Morgan fingerprint density at radius 3 is 2.26 bits per heavy atom. The fourth-order valence-corrected chi connectivity index (χ4v) is 2.98. The van der Waals surface area contributed by atoms with E-state index in [-0.39, 0.29) is 17.8 Å². The molecule has 0 radical (unpaired) electrons. The van der Waals surface area contributed by atoms with Gasteiger partial charge in [-0.3, -0.25) is 0 Å². The third-order valence-electron chi connectivity index (χ3n) is 4.25. The molecule has 0 aliphatic carbocycles. The molecule has 122 valence electrons. The lowest BCUT2D eigenvalue weighted by Crippen LogP contribution is -2.07. The first-order valence-electron chi connectivity index (χ1n) is 7.38. The smallest absolute Gasteiger partial charge is 0.164 e. The van der Waals surface area contributed by atoms with Crippen LogP contribution in [0.15, 0.2) is 30.3 Å². The van der Waals surface area contributed by atoms with Crippen LogP contribution in [0.4, 0.5) is 0 Å². The summed E-state index contributed by atoms with van der Waals surface area (Å²) in [5, 5.41) is 9.98. The van der Waals surface area contributed by atoms with Gasteiger partial charge in [-0.1, -0.05) is 13.0 Å². The second kappa shape index (κ2) is 5.91. The summed E-state index contributed by atoms with van der Waals surface area (Å²) in [4.78, 5) is 0. The molecule has 5 heteroatoms. The fourth-order valence-electron chi connectivity index (χ4n) is 2.98. The van der Waals surface area contributed by atoms with Crippen molar-refractivity contribution in [3.05, 3.63) is 41.5 Å². The van der Waals surface area contributed by atoms with Crippen molar-refractivity contribution in [1.82, 2.24) is 0 Å². The SMILES string of the molecule is COc1cc2c(cc1O)C(C)[C@H](c1ccc(OC)c(OC)c1)O2. The van der Waals surface area contributed by atoms with Crippen LogP contribution in [0.5, 0.6) is 28.7 Å². The van der Waals surface area contributed by atoms with Crippen LogP contribution in [-0.4, -0.2) is 26.4 Å². The summed E-state index contributed by atoms with van der Waals surface area (Å²) >= 11 is 0. The van der Waals surface area contributed by atoms with Crippen LogP contribution in [0.3, 0.4) is 0 Å². The Hall–Kier alpha value is -2.56. The normalized spacial score (nSPS) is 19.0. The fraction of sp³-hybridized carbons (Fsp3) is 0.333. The lowest BCUT2D eigenvalue weighted by molar-refractivity contribution is 0.214. The molecule has 0 aromatic heterocycles. The average molecular weight is 316 g/mol. The molecule has 3 rings (SSSR count).